The normalized spacial score (nSPS) is 23.7. The van der Waals surface area contributed by atoms with Crippen LogP contribution in [0, 0.1) is 36.0 Å². The predicted molar refractivity (Wildman–Crippen MR) is 255 cm³/mol. The summed E-state index contributed by atoms with van der Waals surface area (Å²) in [4.78, 5) is 63.2. The summed E-state index contributed by atoms with van der Waals surface area (Å²) < 4.78 is 19.4. The molecule has 2 aliphatic heterocycles. The van der Waals surface area contributed by atoms with Gasteiger partial charge in [0.2, 0.25) is 23.6 Å². The fraction of sp³-hybridized carbons (Fsp3) is 0.288. The van der Waals surface area contributed by atoms with Crippen molar-refractivity contribution in [1.29, 1.82) is 0 Å². The first-order chi connectivity index (χ1) is 31.8. The summed E-state index contributed by atoms with van der Waals surface area (Å²) in [5, 5.41) is 17.3. The van der Waals surface area contributed by atoms with Gasteiger partial charge in [-0.25, -0.2) is 4.90 Å². The van der Waals surface area contributed by atoms with Crippen molar-refractivity contribution in [2.24, 2.45) is 36.1 Å². The number of hydrogen-bond acceptors (Lipinski definition) is 10. The van der Waals surface area contributed by atoms with Gasteiger partial charge < -0.3 is 19.3 Å². The summed E-state index contributed by atoms with van der Waals surface area (Å²) in [5.74, 6) is -3.04. The van der Waals surface area contributed by atoms with E-state index in [2.05, 4.69) is 0 Å². The number of ether oxygens (including phenoxy) is 3. The number of aromatic nitrogens is 2. The molecule has 1 N–H and O–H groups in total. The van der Waals surface area contributed by atoms with Crippen molar-refractivity contribution in [1.82, 2.24) is 9.78 Å². The number of imide groups is 2. The third-order valence-corrected chi connectivity index (χ3v) is 15.7. The molecule has 336 valence electrons. The molecular formula is C52H47ClN4O8S. The molecule has 66 heavy (non-hydrogen) atoms. The molecule has 2 aliphatic carbocycles. The maximum Gasteiger partial charge on any atom is 0.242 e. The van der Waals surface area contributed by atoms with Gasteiger partial charge in [-0.3, -0.25) is 28.8 Å². The largest absolute Gasteiger partial charge is 0.504 e. The number of phenols is 1. The summed E-state index contributed by atoms with van der Waals surface area (Å²) in [6, 6.07) is 25.3. The van der Waals surface area contributed by atoms with E-state index in [0.29, 0.717) is 39.3 Å². The maximum atomic E-state index is 15.3. The average Bonchev–Trinajstić information content (AvgIpc) is 3.99. The first-order valence-corrected chi connectivity index (χ1v) is 23.1. The van der Waals surface area contributed by atoms with Crippen molar-refractivity contribution < 1.29 is 38.5 Å². The van der Waals surface area contributed by atoms with E-state index in [9.17, 15) is 14.7 Å². The Labute approximate surface area is 390 Å². The number of methoxy groups -OCH3 is 2. The van der Waals surface area contributed by atoms with Crippen LogP contribution in [-0.2, 0) is 26.2 Å². The number of rotatable bonds is 10. The zero-order valence-electron chi connectivity index (χ0n) is 37.2. The van der Waals surface area contributed by atoms with Crippen molar-refractivity contribution in [3.8, 4) is 33.6 Å². The minimum Gasteiger partial charge on any atom is -0.504 e. The number of aryl methyl sites for hydroxylation is 2. The van der Waals surface area contributed by atoms with Crippen LogP contribution >= 0.6 is 22.9 Å². The van der Waals surface area contributed by atoms with Crippen molar-refractivity contribution in [2.45, 2.75) is 39.5 Å². The lowest BCUT2D eigenvalue weighted by Crippen LogP contribution is -2.49. The third-order valence-electron chi connectivity index (χ3n) is 14.2. The summed E-state index contributed by atoms with van der Waals surface area (Å²) >= 11 is 7.92. The molecule has 4 heterocycles. The van der Waals surface area contributed by atoms with Gasteiger partial charge in [0, 0.05) is 34.3 Å². The van der Waals surface area contributed by atoms with Gasteiger partial charge in [-0.15, -0.1) is 11.3 Å². The molecule has 4 amide bonds. The van der Waals surface area contributed by atoms with Crippen LogP contribution in [0.25, 0.3) is 32.8 Å². The topological polar surface area (TPSA) is 140 Å². The number of aromatic hydroxyl groups is 1. The number of carbonyl (C=O) groups excluding carboxylic acids is 4. The van der Waals surface area contributed by atoms with Gasteiger partial charge >= 0.3 is 0 Å². The number of allylic oxidation sites excluding steroid dienone is 2. The highest BCUT2D eigenvalue weighted by Crippen LogP contribution is 2.64. The second kappa shape index (κ2) is 16.3. The van der Waals surface area contributed by atoms with Crippen LogP contribution in [0.4, 0.5) is 11.5 Å². The molecule has 2 aromatic heterocycles. The van der Waals surface area contributed by atoms with E-state index in [1.54, 1.807) is 73.7 Å². The molecular weight excluding hydrogens is 876 g/mol. The highest BCUT2D eigenvalue weighted by atomic mass is 35.5. The molecule has 2 saturated heterocycles. The van der Waals surface area contributed by atoms with Gasteiger partial charge in [-0.05, 0) is 122 Å². The summed E-state index contributed by atoms with van der Waals surface area (Å²) in [7, 11) is 4.93. The average molecular weight is 923 g/mol. The number of halogens is 1. The Kier molecular flexibility index (Phi) is 10.7. The molecule has 3 fully saturated rings. The van der Waals surface area contributed by atoms with Crippen LogP contribution in [0.5, 0.6) is 23.0 Å². The van der Waals surface area contributed by atoms with Gasteiger partial charge in [0.1, 0.15) is 23.0 Å². The van der Waals surface area contributed by atoms with E-state index in [1.807, 2.05) is 87.5 Å². The predicted octanol–water partition coefficient (Wildman–Crippen LogP) is 9.99. The Hall–Kier alpha value is -6.70. The minimum atomic E-state index is -1.31. The van der Waals surface area contributed by atoms with Crippen LogP contribution < -0.4 is 24.0 Å². The first-order valence-electron chi connectivity index (χ1n) is 21.9. The second-order valence-corrected chi connectivity index (χ2v) is 19.1. The summed E-state index contributed by atoms with van der Waals surface area (Å²) in [5.41, 5.74) is 3.91. The van der Waals surface area contributed by atoms with Crippen LogP contribution in [0.1, 0.15) is 54.9 Å². The van der Waals surface area contributed by atoms with Crippen LogP contribution in [0.2, 0.25) is 5.02 Å². The lowest BCUT2D eigenvalue weighted by Gasteiger charge is -2.49. The van der Waals surface area contributed by atoms with Gasteiger partial charge in [-0.1, -0.05) is 53.6 Å². The lowest BCUT2D eigenvalue weighted by molar-refractivity contribution is -0.131. The molecule has 4 aliphatic rings. The molecule has 0 radical (unpaired) electrons. The number of phenolic OH excluding ortho intramolecular Hbond substituents is 1. The number of carbonyl (C=O) groups is 4. The highest BCUT2D eigenvalue weighted by Gasteiger charge is 2.68. The van der Waals surface area contributed by atoms with Gasteiger partial charge in [0.15, 0.2) is 11.5 Å². The van der Waals surface area contributed by atoms with E-state index >= 15 is 9.59 Å². The van der Waals surface area contributed by atoms with E-state index in [4.69, 9.17) is 30.9 Å². The van der Waals surface area contributed by atoms with E-state index in [0.717, 1.165) is 37.2 Å². The number of fused-ring (bicyclic) bond motifs is 5. The molecule has 0 bridgehead atoms. The molecule has 0 unspecified atom stereocenters. The van der Waals surface area contributed by atoms with Crippen molar-refractivity contribution in [2.75, 3.05) is 30.6 Å². The first kappa shape index (κ1) is 43.2. The molecule has 6 atom stereocenters. The second-order valence-electron chi connectivity index (χ2n) is 17.6. The number of anilines is 2. The van der Waals surface area contributed by atoms with Crippen molar-refractivity contribution >= 4 is 80.3 Å². The third kappa shape index (κ3) is 6.65. The Bertz CT molecular complexity index is 3080. The standard InChI is InChI=1S/C52H47ClN4O8S/c1-7-65-42-23-30(12-19-40(42)58)46-34-17-18-35-45(50(61)56(48(35)59)32-14-9-28(10-15-32)8-11-29-22-33(63-5)16-20-41(29)64-6)37(34)25-38-49(60)57(51(62)52(38,46)3)44-26-39(54-55(44)4)47-27(2)36-24-31(53)13-21-43(36)66-47/h8-17,19-24,26,35,37-38,45-46,58H,7,18,25H2,1-6H3/t35-,37+,38-,45-,46-,52+/m0/s1. The number of amides is 4. The molecule has 10 rings (SSSR count). The van der Waals surface area contributed by atoms with E-state index < -0.39 is 40.9 Å². The highest BCUT2D eigenvalue weighted by molar-refractivity contribution is 7.22. The van der Waals surface area contributed by atoms with Crippen LogP contribution in [-0.4, -0.2) is 59.3 Å². The zero-order chi connectivity index (χ0) is 46.3. The van der Waals surface area contributed by atoms with Crippen molar-refractivity contribution in [3.05, 3.63) is 124 Å². The molecule has 14 heteroatoms. The molecule has 4 aromatic carbocycles. The number of hydrogen-bond donors (Lipinski definition) is 1. The fourth-order valence-electron chi connectivity index (χ4n) is 11.0. The SMILES string of the molecule is CCOc1cc([C@H]2C3=CC[C@@H]4C(=O)N(c5ccc(C=Cc6cc(OC)ccc6OC)cc5)C(=O)[C@@H]4[C@@H]3C[C@H]3C(=O)N(c4cc(-c5sc6ccc(Cl)cc6c5C)nn4C)C(=O)[C@@]23C)ccc1O. The number of thiophene rings is 1. The van der Waals surface area contributed by atoms with Crippen LogP contribution in [0.3, 0.4) is 0 Å². The molecule has 6 aromatic rings. The smallest absolute Gasteiger partial charge is 0.242 e. The Morgan fingerprint density at radius 2 is 1.67 bits per heavy atom. The van der Waals surface area contributed by atoms with Gasteiger partial charge in [0.05, 0.1) is 54.6 Å². The molecule has 1 saturated carbocycles. The monoisotopic (exact) mass is 922 g/mol. The maximum absolute atomic E-state index is 15.3. The zero-order valence-corrected chi connectivity index (χ0v) is 38.8. The Morgan fingerprint density at radius 3 is 2.41 bits per heavy atom. The van der Waals surface area contributed by atoms with Crippen LogP contribution in [0.15, 0.2) is 96.6 Å². The molecule has 12 nitrogen and oxygen atoms in total. The summed E-state index contributed by atoms with van der Waals surface area (Å²) in [6.07, 6.45) is 6.31. The quantitative estimate of drug-likeness (QED) is 0.0808. The minimum absolute atomic E-state index is 0.0576. The number of nitrogens with zero attached hydrogens (tertiary/aromatic N) is 4. The Morgan fingerprint density at radius 1 is 0.879 bits per heavy atom. The van der Waals surface area contributed by atoms with E-state index in [-0.39, 0.29) is 48.7 Å². The fourth-order valence-corrected chi connectivity index (χ4v) is 12.3. The lowest BCUT2D eigenvalue weighted by atomic mass is 9.51. The van der Waals surface area contributed by atoms with Crippen molar-refractivity contribution in [3.63, 3.8) is 0 Å². The number of benzene rings is 4. The summed E-state index contributed by atoms with van der Waals surface area (Å²) in [6.45, 7) is 5.95. The van der Waals surface area contributed by atoms with Gasteiger partial charge in [-0.2, -0.15) is 5.10 Å². The molecule has 0 spiro atoms. The Balaban J connectivity index is 1.01. The van der Waals surface area contributed by atoms with E-state index in [1.165, 1.54) is 9.80 Å². The van der Waals surface area contributed by atoms with Gasteiger partial charge in [0.25, 0.3) is 0 Å².